The molecule has 0 N–H and O–H groups in total. The molecule has 118 valence electrons. The molecule has 0 saturated carbocycles. The summed E-state index contributed by atoms with van der Waals surface area (Å²) in [7, 11) is 1.69. The number of nitrogens with zero attached hydrogens (tertiary/aromatic N) is 2. The molecule has 0 spiro atoms. The lowest BCUT2D eigenvalue weighted by Crippen LogP contribution is -1.94. The van der Waals surface area contributed by atoms with Crippen LogP contribution in [0.15, 0.2) is 67.0 Å². The summed E-state index contributed by atoms with van der Waals surface area (Å²) in [5, 5.41) is 2.33. The summed E-state index contributed by atoms with van der Waals surface area (Å²) in [5.74, 6) is 0.894. The van der Waals surface area contributed by atoms with E-state index in [2.05, 4.69) is 34.2 Å². The van der Waals surface area contributed by atoms with E-state index >= 15 is 0 Å². The van der Waals surface area contributed by atoms with Crippen molar-refractivity contribution in [2.24, 2.45) is 0 Å². The fourth-order valence-corrected chi connectivity index (χ4v) is 3.00. The van der Waals surface area contributed by atoms with Crippen LogP contribution in [-0.2, 0) is 12.8 Å². The molecule has 0 aliphatic carbocycles. The van der Waals surface area contributed by atoms with E-state index in [1.54, 1.807) is 7.11 Å². The van der Waals surface area contributed by atoms with E-state index in [1.165, 1.54) is 16.5 Å². The standard InChI is InChI=1S/C21H18N2O/c1-24-17-10-8-15(9-11-17)6-7-16-12-19-18-4-2-3-5-20(18)23-14-21(19)22-13-16/h2-5,8-14H,6-7H2,1H3. The molecule has 0 aliphatic rings. The molecule has 4 aromatic rings. The van der Waals surface area contributed by atoms with E-state index in [-0.39, 0.29) is 0 Å². The van der Waals surface area contributed by atoms with Crippen molar-refractivity contribution in [2.45, 2.75) is 12.8 Å². The summed E-state index contributed by atoms with van der Waals surface area (Å²) in [6.07, 6.45) is 5.76. The SMILES string of the molecule is COc1ccc(CCc2cnc3cnc4ccccc4c3c2)cc1. The highest BCUT2D eigenvalue weighted by atomic mass is 16.5. The third kappa shape index (κ3) is 2.81. The zero-order valence-electron chi connectivity index (χ0n) is 13.6. The summed E-state index contributed by atoms with van der Waals surface area (Å²) >= 11 is 0. The Morgan fingerprint density at radius 1 is 0.750 bits per heavy atom. The van der Waals surface area contributed by atoms with E-state index in [0.29, 0.717) is 0 Å². The number of aromatic nitrogens is 2. The molecule has 24 heavy (non-hydrogen) atoms. The first kappa shape index (κ1) is 14.6. The van der Waals surface area contributed by atoms with E-state index < -0.39 is 0 Å². The maximum atomic E-state index is 5.21. The van der Waals surface area contributed by atoms with Crippen molar-refractivity contribution < 1.29 is 4.74 Å². The molecule has 0 amide bonds. The number of aryl methyl sites for hydroxylation is 2. The van der Waals surface area contributed by atoms with Gasteiger partial charge in [0.15, 0.2) is 0 Å². The minimum absolute atomic E-state index is 0.894. The van der Waals surface area contributed by atoms with Gasteiger partial charge in [0.25, 0.3) is 0 Å². The van der Waals surface area contributed by atoms with Gasteiger partial charge in [-0.05, 0) is 48.2 Å². The number of benzene rings is 2. The van der Waals surface area contributed by atoms with Gasteiger partial charge in [-0.1, -0.05) is 30.3 Å². The van der Waals surface area contributed by atoms with Gasteiger partial charge in [-0.3, -0.25) is 9.97 Å². The van der Waals surface area contributed by atoms with Crippen LogP contribution in [0, 0.1) is 0 Å². The molecule has 2 aromatic heterocycles. The maximum absolute atomic E-state index is 5.21. The largest absolute Gasteiger partial charge is 0.497 e. The van der Waals surface area contributed by atoms with Gasteiger partial charge >= 0.3 is 0 Å². The molecule has 0 unspecified atom stereocenters. The molecule has 3 heteroatoms. The average molecular weight is 314 g/mol. The van der Waals surface area contributed by atoms with E-state index in [0.717, 1.165) is 35.0 Å². The lowest BCUT2D eigenvalue weighted by Gasteiger charge is -2.07. The van der Waals surface area contributed by atoms with Crippen LogP contribution in [0.4, 0.5) is 0 Å². The summed E-state index contributed by atoms with van der Waals surface area (Å²) in [5.41, 5.74) is 4.51. The zero-order chi connectivity index (χ0) is 16.4. The Morgan fingerprint density at radius 2 is 1.50 bits per heavy atom. The molecule has 0 radical (unpaired) electrons. The molecule has 3 nitrogen and oxygen atoms in total. The normalized spacial score (nSPS) is 11.0. The smallest absolute Gasteiger partial charge is 0.118 e. The Balaban J connectivity index is 1.63. The highest BCUT2D eigenvalue weighted by Gasteiger charge is 2.04. The number of fused-ring (bicyclic) bond motifs is 3. The number of para-hydroxylation sites is 1. The maximum Gasteiger partial charge on any atom is 0.118 e. The number of ether oxygens (including phenoxy) is 1. The van der Waals surface area contributed by atoms with Gasteiger partial charge in [-0.2, -0.15) is 0 Å². The highest BCUT2D eigenvalue weighted by Crippen LogP contribution is 2.23. The van der Waals surface area contributed by atoms with Gasteiger partial charge in [-0.25, -0.2) is 0 Å². The molecular weight excluding hydrogens is 296 g/mol. The molecule has 2 aromatic carbocycles. The first-order valence-electron chi connectivity index (χ1n) is 8.09. The number of pyridine rings is 2. The average Bonchev–Trinajstić information content (AvgIpc) is 2.66. The zero-order valence-corrected chi connectivity index (χ0v) is 13.6. The van der Waals surface area contributed by atoms with Crippen molar-refractivity contribution in [1.82, 2.24) is 9.97 Å². The van der Waals surface area contributed by atoms with Gasteiger partial charge in [0.1, 0.15) is 5.75 Å². The third-order valence-corrected chi connectivity index (χ3v) is 4.36. The predicted octanol–water partition coefficient (Wildman–Crippen LogP) is 4.58. The Labute approximate surface area is 140 Å². The lowest BCUT2D eigenvalue weighted by molar-refractivity contribution is 0.414. The van der Waals surface area contributed by atoms with Gasteiger partial charge in [0, 0.05) is 17.0 Å². The van der Waals surface area contributed by atoms with E-state index in [9.17, 15) is 0 Å². The molecule has 0 fully saturated rings. The van der Waals surface area contributed by atoms with Crippen LogP contribution in [0.5, 0.6) is 5.75 Å². The van der Waals surface area contributed by atoms with Crippen molar-refractivity contribution in [3.8, 4) is 5.75 Å². The predicted molar refractivity (Wildman–Crippen MR) is 97.4 cm³/mol. The van der Waals surface area contributed by atoms with Crippen molar-refractivity contribution in [3.63, 3.8) is 0 Å². The first-order valence-corrected chi connectivity index (χ1v) is 8.09. The fourth-order valence-electron chi connectivity index (χ4n) is 3.00. The molecular formula is C21H18N2O. The van der Waals surface area contributed by atoms with Crippen LogP contribution in [-0.4, -0.2) is 17.1 Å². The Hall–Kier alpha value is -2.94. The van der Waals surface area contributed by atoms with Crippen LogP contribution in [0.1, 0.15) is 11.1 Å². The van der Waals surface area contributed by atoms with Crippen LogP contribution in [0.3, 0.4) is 0 Å². The Bertz CT molecular complexity index is 993. The van der Waals surface area contributed by atoms with Gasteiger partial charge < -0.3 is 4.74 Å². The highest BCUT2D eigenvalue weighted by molar-refractivity contribution is 6.03. The minimum Gasteiger partial charge on any atom is -0.497 e. The molecule has 0 aliphatic heterocycles. The minimum atomic E-state index is 0.894. The molecule has 0 saturated heterocycles. The fraction of sp³-hybridized carbons (Fsp3) is 0.143. The van der Waals surface area contributed by atoms with Crippen LogP contribution in [0.25, 0.3) is 21.8 Å². The topological polar surface area (TPSA) is 35.0 Å². The molecule has 0 bridgehead atoms. The number of methoxy groups -OCH3 is 1. The molecule has 2 heterocycles. The number of hydrogen-bond acceptors (Lipinski definition) is 3. The molecule has 4 rings (SSSR count). The summed E-state index contributed by atoms with van der Waals surface area (Å²) in [6, 6.07) is 18.7. The number of rotatable bonds is 4. The number of hydrogen-bond donors (Lipinski definition) is 0. The van der Waals surface area contributed by atoms with Crippen molar-refractivity contribution >= 4 is 21.8 Å². The lowest BCUT2D eigenvalue weighted by atomic mass is 10.0. The second-order valence-electron chi connectivity index (χ2n) is 5.90. The van der Waals surface area contributed by atoms with Crippen molar-refractivity contribution in [2.75, 3.05) is 7.11 Å². The van der Waals surface area contributed by atoms with Crippen molar-refractivity contribution in [3.05, 3.63) is 78.1 Å². The quantitative estimate of drug-likeness (QED) is 0.517. The van der Waals surface area contributed by atoms with E-state index in [1.807, 2.05) is 42.7 Å². The monoisotopic (exact) mass is 314 g/mol. The summed E-state index contributed by atoms with van der Waals surface area (Å²) < 4.78 is 5.21. The van der Waals surface area contributed by atoms with Crippen molar-refractivity contribution in [1.29, 1.82) is 0 Å². The molecule has 0 atom stereocenters. The second-order valence-corrected chi connectivity index (χ2v) is 5.90. The van der Waals surface area contributed by atoms with E-state index in [4.69, 9.17) is 4.74 Å². The Morgan fingerprint density at radius 3 is 2.33 bits per heavy atom. The van der Waals surface area contributed by atoms with Gasteiger partial charge in [-0.15, -0.1) is 0 Å². The second kappa shape index (κ2) is 6.28. The summed E-state index contributed by atoms with van der Waals surface area (Å²) in [6.45, 7) is 0. The van der Waals surface area contributed by atoms with Crippen LogP contribution >= 0.6 is 0 Å². The van der Waals surface area contributed by atoms with Gasteiger partial charge in [0.2, 0.25) is 0 Å². The van der Waals surface area contributed by atoms with Crippen LogP contribution < -0.4 is 4.74 Å². The van der Waals surface area contributed by atoms with Gasteiger partial charge in [0.05, 0.1) is 24.3 Å². The third-order valence-electron chi connectivity index (χ3n) is 4.36. The Kier molecular flexibility index (Phi) is 3.83. The first-order chi connectivity index (χ1) is 11.8. The summed E-state index contributed by atoms with van der Waals surface area (Å²) in [4.78, 5) is 9.06. The van der Waals surface area contributed by atoms with Crippen LogP contribution in [0.2, 0.25) is 0 Å².